The minimum absolute atomic E-state index is 0.812. The number of ether oxygens (including phenoxy) is 1. The summed E-state index contributed by atoms with van der Waals surface area (Å²) < 4.78 is 21.4. The van der Waals surface area contributed by atoms with Crippen molar-refractivity contribution in [2.75, 3.05) is 28.4 Å². The number of hydrogen-bond acceptors (Lipinski definition) is 4. The van der Waals surface area contributed by atoms with Crippen LogP contribution in [0.25, 0.3) is 0 Å². The minimum Gasteiger partial charge on any atom is -0.497 e. The van der Waals surface area contributed by atoms with E-state index in [0.29, 0.717) is 0 Å². The number of aryl methyl sites for hydroxylation is 1. The molecule has 0 aliphatic rings. The van der Waals surface area contributed by atoms with Crippen molar-refractivity contribution in [2.24, 2.45) is 0 Å². The van der Waals surface area contributed by atoms with Crippen molar-refractivity contribution in [3.63, 3.8) is 0 Å². The summed E-state index contributed by atoms with van der Waals surface area (Å²) in [6.45, 7) is 1.98. The number of hydrogen-bond donors (Lipinski definition) is 0. The highest BCUT2D eigenvalue weighted by molar-refractivity contribution is 6.75. The van der Waals surface area contributed by atoms with Gasteiger partial charge in [-0.25, -0.2) is 0 Å². The van der Waals surface area contributed by atoms with E-state index < -0.39 is 8.80 Å². The topological polar surface area (TPSA) is 36.9 Å². The Bertz CT molecular complexity index is 342. The Hall–Kier alpha value is -0.883. The standard InChI is InChI=1S/C11H18O4Si/c1-9-8-10(12-2)6-7-11(9)16(13-3,14-4)15-5/h6-8H,1-5H3. The fourth-order valence-corrected chi connectivity index (χ4v) is 3.69. The molecule has 0 saturated carbocycles. The van der Waals surface area contributed by atoms with Gasteiger partial charge in [-0.1, -0.05) is 6.07 Å². The van der Waals surface area contributed by atoms with Gasteiger partial charge in [-0.2, -0.15) is 0 Å². The summed E-state index contributed by atoms with van der Waals surface area (Å²) >= 11 is 0. The van der Waals surface area contributed by atoms with Gasteiger partial charge in [0.2, 0.25) is 0 Å². The van der Waals surface area contributed by atoms with Gasteiger partial charge in [0.1, 0.15) is 5.75 Å². The fourth-order valence-electron chi connectivity index (χ4n) is 1.69. The van der Waals surface area contributed by atoms with E-state index >= 15 is 0 Å². The Morgan fingerprint density at radius 2 is 1.50 bits per heavy atom. The first-order chi connectivity index (χ1) is 7.63. The quantitative estimate of drug-likeness (QED) is 0.724. The second-order valence-electron chi connectivity index (χ2n) is 3.35. The highest BCUT2D eigenvalue weighted by Gasteiger charge is 2.41. The van der Waals surface area contributed by atoms with Crippen LogP contribution in [0.5, 0.6) is 5.75 Å². The highest BCUT2D eigenvalue weighted by atomic mass is 28.4. The smallest absolute Gasteiger partial charge is 0.497 e. The Kier molecular flexibility index (Phi) is 4.49. The molecule has 0 aromatic heterocycles. The first-order valence-corrected chi connectivity index (χ1v) is 6.66. The van der Waals surface area contributed by atoms with Crippen LogP contribution in [-0.2, 0) is 13.3 Å². The van der Waals surface area contributed by atoms with Crippen molar-refractivity contribution in [1.82, 2.24) is 0 Å². The van der Waals surface area contributed by atoms with Gasteiger partial charge in [0.25, 0.3) is 0 Å². The lowest BCUT2D eigenvalue weighted by Gasteiger charge is -2.26. The predicted molar refractivity (Wildman–Crippen MR) is 64.1 cm³/mol. The molecule has 90 valence electrons. The molecule has 0 unspecified atom stereocenters. The van der Waals surface area contributed by atoms with Gasteiger partial charge in [-0.05, 0) is 24.6 Å². The molecule has 0 aliphatic carbocycles. The molecule has 0 heterocycles. The van der Waals surface area contributed by atoms with Crippen molar-refractivity contribution >= 4 is 14.0 Å². The molecular weight excluding hydrogens is 224 g/mol. The largest absolute Gasteiger partial charge is 0.536 e. The summed E-state index contributed by atoms with van der Waals surface area (Å²) in [5.41, 5.74) is 1.04. The average molecular weight is 242 g/mol. The third-order valence-electron chi connectivity index (χ3n) is 2.57. The Balaban J connectivity index is 3.20. The van der Waals surface area contributed by atoms with E-state index in [1.165, 1.54) is 0 Å². The molecule has 0 atom stereocenters. The van der Waals surface area contributed by atoms with Crippen LogP contribution >= 0.6 is 0 Å². The van der Waals surface area contributed by atoms with E-state index in [9.17, 15) is 0 Å². The second-order valence-corrected chi connectivity index (χ2v) is 6.23. The van der Waals surface area contributed by atoms with E-state index in [1.807, 2.05) is 25.1 Å². The van der Waals surface area contributed by atoms with Crippen LogP contribution in [0.2, 0.25) is 0 Å². The van der Waals surface area contributed by atoms with Crippen LogP contribution in [0.15, 0.2) is 18.2 Å². The number of benzene rings is 1. The van der Waals surface area contributed by atoms with E-state index in [-0.39, 0.29) is 0 Å². The summed E-state index contributed by atoms with van der Waals surface area (Å²) in [7, 11) is 3.71. The summed E-state index contributed by atoms with van der Waals surface area (Å²) in [4.78, 5) is 0. The van der Waals surface area contributed by atoms with E-state index in [2.05, 4.69) is 0 Å². The maximum Gasteiger partial charge on any atom is 0.536 e. The van der Waals surface area contributed by atoms with Crippen LogP contribution in [0.1, 0.15) is 5.56 Å². The highest BCUT2D eigenvalue weighted by Crippen LogP contribution is 2.15. The first-order valence-electron chi connectivity index (χ1n) is 4.94. The van der Waals surface area contributed by atoms with Crippen molar-refractivity contribution in [1.29, 1.82) is 0 Å². The van der Waals surface area contributed by atoms with Gasteiger partial charge in [-0.3, -0.25) is 0 Å². The minimum atomic E-state index is -2.73. The summed E-state index contributed by atoms with van der Waals surface area (Å²) in [6, 6.07) is 5.74. The molecule has 5 heteroatoms. The van der Waals surface area contributed by atoms with Gasteiger partial charge in [-0.15, -0.1) is 0 Å². The normalized spacial score (nSPS) is 11.6. The van der Waals surface area contributed by atoms with Crippen LogP contribution in [0.4, 0.5) is 0 Å². The van der Waals surface area contributed by atoms with E-state index in [1.54, 1.807) is 28.4 Å². The van der Waals surface area contributed by atoms with Crippen LogP contribution in [0, 0.1) is 6.92 Å². The molecule has 4 nitrogen and oxygen atoms in total. The van der Waals surface area contributed by atoms with Gasteiger partial charge < -0.3 is 18.0 Å². The van der Waals surface area contributed by atoms with Crippen LogP contribution < -0.4 is 9.92 Å². The maximum absolute atomic E-state index is 5.43. The Morgan fingerprint density at radius 1 is 0.938 bits per heavy atom. The molecule has 0 radical (unpaired) electrons. The summed E-state index contributed by atoms with van der Waals surface area (Å²) in [5.74, 6) is 0.812. The number of rotatable bonds is 5. The molecule has 16 heavy (non-hydrogen) atoms. The first kappa shape index (κ1) is 13.2. The molecule has 0 spiro atoms. The zero-order valence-electron chi connectivity index (χ0n) is 10.4. The van der Waals surface area contributed by atoms with Crippen molar-refractivity contribution in [3.05, 3.63) is 23.8 Å². The lowest BCUT2D eigenvalue weighted by atomic mass is 10.2. The Morgan fingerprint density at radius 3 is 1.88 bits per heavy atom. The zero-order chi connectivity index (χ0) is 12.2. The van der Waals surface area contributed by atoms with Crippen LogP contribution in [0.3, 0.4) is 0 Å². The molecule has 0 amide bonds. The maximum atomic E-state index is 5.43. The fraction of sp³-hybridized carbons (Fsp3) is 0.455. The zero-order valence-corrected chi connectivity index (χ0v) is 11.4. The van der Waals surface area contributed by atoms with Crippen molar-refractivity contribution < 1.29 is 18.0 Å². The van der Waals surface area contributed by atoms with Crippen LogP contribution in [-0.4, -0.2) is 37.2 Å². The molecule has 1 aromatic rings. The molecule has 0 fully saturated rings. The summed E-state index contributed by atoms with van der Waals surface area (Å²) in [5, 5.41) is 0.959. The third-order valence-corrected chi connectivity index (χ3v) is 5.40. The predicted octanol–water partition coefficient (Wildman–Crippen LogP) is 1.09. The molecule has 0 aliphatic heterocycles. The van der Waals surface area contributed by atoms with Gasteiger partial charge in [0.15, 0.2) is 0 Å². The molecular formula is C11H18O4Si. The van der Waals surface area contributed by atoms with Gasteiger partial charge in [0, 0.05) is 26.5 Å². The molecule has 0 saturated heterocycles. The molecule has 1 aromatic carbocycles. The Labute approximate surface area is 97.5 Å². The lowest BCUT2D eigenvalue weighted by Crippen LogP contribution is -2.55. The van der Waals surface area contributed by atoms with Crippen molar-refractivity contribution in [3.8, 4) is 5.75 Å². The molecule has 1 rings (SSSR count). The van der Waals surface area contributed by atoms with E-state index in [4.69, 9.17) is 18.0 Å². The van der Waals surface area contributed by atoms with Crippen molar-refractivity contribution in [2.45, 2.75) is 6.92 Å². The van der Waals surface area contributed by atoms with Gasteiger partial charge >= 0.3 is 8.80 Å². The second kappa shape index (κ2) is 5.45. The third kappa shape index (κ3) is 2.27. The summed E-state index contributed by atoms with van der Waals surface area (Å²) in [6.07, 6.45) is 0. The average Bonchev–Trinajstić information content (AvgIpc) is 2.33. The van der Waals surface area contributed by atoms with Gasteiger partial charge in [0.05, 0.1) is 7.11 Å². The SMILES string of the molecule is COc1ccc([Si](OC)(OC)OC)c(C)c1. The number of methoxy groups -OCH3 is 1. The monoisotopic (exact) mass is 242 g/mol. The molecule has 0 N–H and O–H groups in total. The molecule has 0 bridgehead atoms. The van der Waals surface area contributed by atoms with E-state index in [0.717, 1.165) is 16.5 Å². The lowest BCUT2D eigenvalue weighted by molar-refractivity contribution is 0.140.